The zero-order valence-electron chi connectivity index (χ0n) is 25.8. The summed E-state index contributed by atoms with van der Waals surface area (Å²) >= 11 is 0. The lowest BCUT2D eigenvalue weighted by Gasteiger charge is -2.33. The number of rotatable bonds is 14. The molecule has 3 aromatic carbocycles. The molecule has 8 heteroatoms. The first-order valence-corrected chi connectivity index (χ1v) is 16.5. The van der Waals surface area contributed by atoms with Crippen molar-refractivity contribution in [3.8, 4) is 0 Å². The number of nitrogens with zero attached hydrogens (tertiary/aromatic N) is 2. The summed E-state index contributed by atoms with van der Waals surface area (Å²) in [6.07, 6.45) is 2.75. The molecule has 2 amide bonds. The number of sulfonamides is 1. The minimum absolute atomic E-state index is 0.0341. The third kappa shape index (κ3) is 9.72. The van der Waals surface area contributed by atoms with E-state index in [1.54, 1.807) is 4.90 Å². The summed E-state index contributed by atoms with van der Waals surface area (Å²) in [5.74, 6) is -0.383. The number of nitrogens with one attached hydrogen (secondary N) is 1. The second-order valence-corrected chi connectivity index (χ2v) is 13.2. The highest BCUT2D eigenvalue weighted by molar-refractivity contribution is 7.92. The summed E-state index contributed by atoms with van der Waals surface area (Å²) in [7, 11) is -3.56. The van der Waals surface area contributed by atoms with Crippen LogP contribution in [-0.4, -0.2) is 50.0 Å². The van der Waals surface area contributed by atoms with E-state index in [2.05, 4.69) is 5.32 Å². The number of carbonyl (C=O) groups excluding carboxylic acids is 2. The molecule has 0 unspecified atom stereocenters. The lowest BCUT2D eigenvalue weighted by Crippen LogP contribution is -2.52. The van der Waals surface area contributed by atoms with Crippen LogP contribution in [0.25, 0.3) is 0 Å². The van der Waals surface area contributed by atoms with Crippen LogP contribution in [0.3, 0.4) is 0 Å². The molecule has 0 saturated carbocycles. The molecule has 226 valence electrons. The van der Waals surface area contributed by atoms with Gasteiger partial charge in [-0.05, 0) is 74.9 Å². The average Bonchev–Trinajstić information content (AvgIpc) is 2.93. The second kappa shape index (κ2) is 15.0. The molecule has 1 N–H and O–H groups in total. The monoisotopic (exact) mass is 591 g/mol. The first kappa shape index (κ1) is 32.9. The molecule has 0 radical (unpaired) electrons. The van der Waals surface area contributed by atoms with Gasteiger partial charge in [-0.15, -0.1) is 0 Å². The van der Waals surface area contributed by atoms with Crippen molar-refractivity contribution in [1.29, 1.82) is 0 Å². The molecule has 0 fully saturated rings. The number of aryl methyl sites for hydroxylation is 3. The summed E-state index contributed by atoms with van der Waals surface area (Å²) in [5.41, 5.74) is 5.52. The summed E-state index contributed by atoms with van der Waals surface area (Å²) < 4.78 is 26.8. The average molecular weight is 592 g/mol. The van der Waals surface area contributed by atoms with E-state index in [-0.39, 0.29) is 37.4 Å². The van der Waals surface area contributed by atoms with Crippen molar-refractivity contribution in [3.63, 3.8) is 0 Å². The van der Waals surface area contributed by atoms with Gasteiger partial charge in [-0.3, -0.25) is 13.9 Å². The van der Waals surface area contributed by atoms with E-state index >= 15 is 0 Å². The maximum absolute atomic E-state index is 14.0. The lowest BCUT2D eigenvalue weighted by molar-refractivity contribution is -0.141. The molecule has 3 aromatic rings. The predicted molar refractivity (Wildman–Crippen MR) is 171 cm³/mol. The van der Waals surface area contributed by atoms with Crippen molar-refractivity contribution >= 4 is 27.5 Å². The highest BCUT2D eigenvalue weighted by Gasteiger charge is 2.31. The summed E-state index contributed by atoms with van der Waals surface area (Å²) in [6, 6.07) is 22.6. The minimum atomic E-state index is -3.56. The van der Waals surface area contributed by atoms with Crippen molar-refractivity contribution < 1.29 is 18.0 Å². The Morgan fingerprint density at radius 1 is 0.857 bits per heavy atom. The molecule has 7 nitrogen and oxygen atoms in total. The van der Waals surface area contributed by atoms with Gasteiger partial charge in [0, 0.05) is 32.0 Å². The highest BCUT2D eigenvalue weighted by atomic mass is 32.2. The van der Waals surface area contributed by atoms with E-state index in [1.165, 1.54) is 10.6 Å². The van der Waals surface area contributed by atoms with E-state index in [4.69, 9.17) is 0 Å². The number of amides is 2. The molecular formula is C34H45N3O4S. The van der Waals surface area contributed by atoms with Crippen LogP contribution < -0.4 is 9.62 Å². The van der Waals surface area contributed by atoms with Crippen molar-refractivity contribution in [2.75, 3.05) is 17.1 Å². The first-order valence-electron chi connectivity index (χ1n) is 14.6. The molecule has 0 aliphatic rings. The summed E-state index contributed by atoms with van der Waals surface area (Å²) in [4.78, 5) is 29.3. The Kier molecular flexibility index (Phi) is 11.7. The van der Waals surface area contributed by atoms with Gasteiger partial charge >= 0.3 is 0 Å². The maximum Gasteiger partial charge on any atom is 0.243 e. The van der Waals surface area contributed by atoms with Crippen LogP contribution in [0.5, 0.6) is 0 Å². The third-order valence-corrected chi connectivity index (χ3v) is 8.59. The largest absolute Gasteiger partial charge is 0.352 e. The number of hydrogen-bond donors (Lipinski definition) is 1. The molecule has 2 atom stereocenters. The molecule has 0 aliphatic carbocycles. The van der Waals surface area contributed by atoms with Gasteiger partial charge < -0.3 is 10.2 Å². The molecule has 0 bridgehead atoms. The van der Waals surface area contributed by atoms with Crippen molar-refractivity contribution in [3.05, 3.63) is 101 Å². The van der Waals surface area contributed by atoms with Gasteiger partial charge in [-0.2, -0.15) is 0 Å². The Hall–Kier alpha value is -3.65. The minimum Gasteiger partial charge on any atom is -0.352 e. The normalized spacial score (nSPS) is 12.8. The van der Waals surface area contributed by atoms with Gasteiger partial charge in [0.2, 0.25) is 21.8 Å². The first-order chi connectivity index (χ1) is 19.9. The van der Waals surface area contributed by atoms with Crippen LogP contribution in [0.2, 0.25) is 0 Å². The molecule has 0 aliphatic heterocycles. The highest BCUT2D eigenvalue weighted by Crippen LogP contribution is 2.23. The smallest absolute Gasteiger partial charge is 0.243 e. The Morgan fingerprint density at radius 3 is 2.05 bits per heavy atom. The van der Waals surface area contributed by atoms with Crippen LogP contribution >= 0.6 is 0 Å². The fraction of sp³-hybridized carbons (Fsp3) is 0.412. The van der Waals surface area contributed by atoms with Crippen LogP contribution in [0, 0.1) is 20.8 Å². The van der Waals surface area contributed by atoms with Gasteiger partial charge in [0.15, 0.2) is 0 Å². The van der Waals surface area contributed by atoms with E-state index in [0.29, 0.717) is 18.5 Å². The van der Waals surface area contributed by atoms with E-state index in [0.717, 1.165) is 34.2 Å². The van der Waals surface area contributed by atoms with Gasteiger partial charge in [-0.1, -0.05) is 73.2 Å². The van der Waals surface area contributed by atoms with Crippen LogP contribution in [-0.2, 0) is 32.6 Å². The molecule has 0 saturated heterocycles. The molecule has 3 rings (SSSR count). The standard InChI is InChI=1S/C34H45N3O4S/c1-7-28(5)35-34(39)32(23-29-12-9-8-10-13-29)36(24-30-17-15-25(2)16-18-30)33(38)14-11-19-37(42(6,40)41)31-21-26(3)20-27(4)22-31/h8-10,12-13,15-18,20-22,28,32H,7,11,14,19,23-24H2,1-6H3,(H,35,39)/t28-,32-/m0/s1. The maximum atomic E-state index is 14.0. The predicted octanol–water partition coefficient (Wildman–Crippen LogP) is 5.71. The van der Waals surface area contributed by atoms with Crippen LogP contribution in [0.15, 0.2) is 72.8 Å². The number of benzene rings is 3. The Balaban J connectivity index is 1.90. The molecule has 0 aromatic heterocycles. The molecule has 0 spiro atoms. The number of hydrogen-bond acceptors (Lipinski definition) is 4. The summed E-state index contributed by atoms with van der Waals surface area (Å²) in [6.45, 7) is 10.3. The van der Waals surface area contributed by atoms with E-state index < -0.39 is 16.1 Å². The van der Waals surface area contributed by atoms with Gasteiger partial charge in [-0.25, -0.2) is 8.42 Å². The fourth-order valence-electron chi connectivity index (χ4n) is 4.98. The fourth-order valence-corrected chi connectivity index (χ4v) is 5.93. The topological polar surface area (TPSA) is 86.8 Å². The van der Waals surface area contributed by atoms with Gasteiger partial charge in [0.05, 0.1) is 11.9 Å². The Labute approximate surface area is 252 Å². The zero-order valence-corrected chi connectivity index (χ0v) is 26.6. The van der Waals surface area contributed by atoms with E-state index in [1.807, 2.05) is 107 Å². The quantitative estimate of drug-likeness (QED) is 0.260. The van der Waals surface area contributed by atoms with Crippen molar-refractivity contribution in [2.45, 2.75) is 78.9 Å². The second-order valence-electron chi connectivity index (χ2n) is 11.3. The number of anilines is 1. The summed E-state index contributed by atoms with van der Waals surface area (Å²) in [5, 5.41) is 3.09. The Bertz CT molecular complexity index is 1420. The lowest BCUT2D eigenvalue weighted by atomic mass is 10.0. The van der Waals surface area contributed by atoms with Gasteiger partial charge in [0.25, 0.3) is 0 Å². The van der Waals surface area contributed by atoms with E-state index in [9.17, 15) is 18.0 Å². The SMILES string of the molecule is CC[C@H](C)NC(=O)[C@H](Cc1ccccc1)N(Cc1ccc(C)cc1)C(=O)CCCN(c1cc(C)cc(C)c1)S(C)(=O)=O. The van der Waals surface area contributed by atoms with Crippen LogP contribution in [0.4, 0.5) is 5.69 Å². The molecule has 0 heterocycles. The molecular weight excluding hydrogens is 546 g/mol. The van der Waals surface area contributed by atoms with Crippen molar-refractivity contribution in [1.82, 2.24) is 10.2 Å². The zero-order chi connectivity index (χ0) is 30.9. The van der Waals surface area contributed by atoms with Crippen molar-refractivity contribution in [2.24, 2.45) is 0 Å². The Morgan fingerprint density at radius 2 is 1.48 bits per heavy atom. The third-order valence-electron chi connectivity index (χ3n) is 7.39. The molecule has 42 heavy (non-hydrogen) atoms. The van der Waals surface area contributed by atoms with Crippen LogP contribution in [0.1, 0.15) is 60.9 Å². The van der Waals surface area contributed by atoms with Gasteiger partial charge in [0.1, 0.15) is 6.04 Å². The number of carbonyl (C=O) groups is 2.